The molecule has 9 nitrogen and oxygen atoms in total. The van der Waals surface area contributed by atoms with Gasteiger partial charge < -0.3 is 24.4 Å². The van der Waals surface area contributed by atoms with E-state index in [-0.39, 0.29) is 36.8 Å². The average Bonchev–Trinajstić information content (AvgIpc) is 3.56. The standard InChI is InChI=1S/C42H45N3O6Si/c1-27-40(52(2,3)50)37(23-39(48)43-25-31-15-8-7-14-30(31)21-33(43)26-46)51-42(27)34-22-32(45-35-16-10-9-13-29(35)17-20-38(45)47)18-19-36(34)44(41(42)49)24-28-11-5-4-6-12-28/h4-16,18-19,22,27,33,37,40,46,50H,17,20-21,23-26H2,1-3H3/t27-,33+,37+,40-,42+/m1/s1. The zero-order chi connectivity index (χ0) is 36.4. The van der Waals surface area contributed by atoms with Gasteiger partial charge in [0.2, 0.25) is 11.8 Å². The lowest BCUT2D eigenvalue weighted by atomic mass is 9.82. The largest absolute Gasteiger partial charge is 0.432 e. The van der Waals surface area contributed by atoms with E-state index in [1.54, 1.807) is 14.7 Å². The van der Waals surface area contributed by atoms with Crippen LogP contribution in [0, 0.1) is 5.92 Å². The summed E-state index contributed by atoms with van der Waals surface area (Å²) in [6, 6.07) is 31.0. The molecular weight excluding hydrogens is 671 g/mol. The van der Waals surface area contributed by atoms with E-state index in [2.05, 4.69) is 0 Å². The third kappa shape index (κ3) is 5.60. The Morgan fingerprint density at radius 1 is 0.885 bits per heavy atom. The number of fused-ring (bicyclic) bond motifs is 4. The van der Waals surface area contributed by atoms with Crippen molar-refractivity contribution in [2.45, 2.75) is 82.1 Å². The molecule has 4 heterocycles. The number of anilines is 3. The molecule has 4 aliphatic rings. The molecule has 4 aromatic rings. The molecule has 0 unspecified atom stereocenters. The third-order valence-electron chi connectivity index (χ3n) is 11.8. The van der Waals surface area contributed by atoms with Gasteiger partial charge in [-0.05, 0) is 72.5 Å². The smallest absolute Gasteiger partial charge is 0.264 e. The molecular formula is C42H45N3O6Si. The van der Waals surface area contributed by atoms with Gasteiger partial charge in [0.15, 0.2) is 13.9 Å². The number of aliphatic hydroxyl groups excluding tert-OH is 1. The molecule has 1 saturated heterocycles. The molecule has 0 saturated carbocycles. The van der Waals surface area contributed by atoms with Crippen molar-refractivity contribution in [1.29, 1.82) is 0 Å². The molecule has 268 valence electrons. The predicted molar refractivity (Wildman–Crippen MR) is 201 cm³/mol. The Balaban J connectivity index is 1.21. The molecule has 4 aromatic carbocycles. The van der Waals surface area contributed by atoms with Crippen LogP contribution in [0.2, 0.25) is 18.6 Å². The Morgan fingerprint density at radius 2 is 1.58 bits per heavy atom. The van der Waals surface area contributed by atoms with Gasteiger partial charge in [-0.25, -0.2) is 0 Å². The molecule has 2 N–H and O–H groups in total. The van der Waals surface area contributed by atoms with Crippen molar-refractivity contribution in [1.82, 2.24) is 4.90 Å². The van der Waals surface area contributed by atoms with Crippen LogP contribution in [-0.4, -0.2) is 59.6 Å². The molecule has 0 bridgehead atoms. The number of rotatable bonds is 7. The quantitative estimate of drug-likeness (QED) is 0.228. The average molecular weight is 716 g/mol. The van der Waals surface area contributed by atoms with Crippen LogP contribution < -0.4 is 9.80 Å². The maximum Gasteiger partial charge on any atom is 0.264 e. The van der Waals surface area contributed by atoms with Crippen molar-refractivity contribution in [3.05, 3.63) is 125 Å². The summed E-state index contributed by atoms with van der Waals surface area (Å²) in [5, 5.41) is 10.4. The number of benzene rings is 4. The highest BCUT2D eigenvalue weighted by Gasteiger charge is 2.66. The summed E-state index contributed by atoms with van der Waals surface area (Å²) in [6.45, 7) is 6.19. The fourth-order valence-electron chi connectivity index (χ4n) is 9.37. The Labute approximate surface area is 305 Å². The van der Waals surface area contributed by atoms with E-state index in [0.29, 0.717) is 49.3 Å². The van der Waals surface area contributed by atoms with Crippen molar-refractivity contribution in [2.75, 3.05) is 16.4 Å². The monoisotopic (exact) mass is 715 g/mol. The van der Waals surface area contributed by atoms with Crippen LogP contribution in [0.25, 0.3) is 0 Å². The number of hydrogen-bond acceptors (Lipinski definition) is 6. The third-order valence-corrected chi connectivity index (χ3v) is 14.3. The summed E-state index contributed by atoms with van der Waals surface area (Å²) in [4.78, 5) is 60.1. The number of aryl methyl sites for hydroxylation is 1. The van der Waals surface area contributed by atoms with Crippen LogP contribution in [0.15, 0.2) is 97.1 Å². The first-order valence-corrected chi connectivity index (χ1v) is 21.3. The van der Waals surface area contributed by atoms with Crippen molar-refractivity contribution < 1.29 is 29.0 Å². The number of amides is 3. The Bertz CT molecular complexity index is 2050. The van der Waals surface area contributed by atoms with Crippen molar-refractivity contribution in [3.63, 3.8) is 0 Å². The van der Waals surface area contributed by atoms with Gasteiger partial charge in [0.1, 0.15) is 0 Å². The van der Waals surface area contributed by atoms with Gasteiger partial charge in [-0.2, -0.15) is 0 Å². The molecule has 1 fully saturated rings. The summed E-state index contributed by atoms with van der Waals surface area (Å²) in [5.41, 5.74) is 5.05. The highest BCUT2D eigenvalue weighted by Crippen LogP contribution is 2.60. The molecule has 5 atom stereocenters. The van der Waals surface area contributed by atoms with Crippen LogP contribution in [0.4, 0.5) is 17.1 Å². The van der Waals surface area contributed by atoms with Crippen molar-refractivity contribution >= 4 is 43.1 Å². The van der Waals surface area contributed by atoms with Gasteiger partial charge in [-0.1, -0.05) is 79.7 Å². The lowest BCUT2D eigenvalue weighted by molar-refractivity contribution is -0.151. The normalized spacial score (nSPS) is 25.4. The zero-order valence-electron chi connectivity index (χ0n) is 29.9. The molecule has 0 radical (unpaired) electrons. The predicted octanol–water partition coefficient (Wildman–Crippen LogP) is 5.98. The Morgan fingerprint density at radius 3 is 2.31 bits per heavy atom. The zero-order valence-corrected chi connectivity index (χ0v) is 30.9. The Hall–Kier alpha value is -4.61. The van der Waals surface area contributed by atoms with Crippen molar-refractivity contribution in [2.24, 2.45) is 5.92 Å². The van der Waals surface area contributed by atoms with Crippen LogP contribution in [-0.2, 0) is 50.7 Å². The molecule has 1 spiro atoms. The van der Waals surface area contributed by atoms with Gasteiger partial charge >= 0.3 is 0 Å². The second kappa shape index (κ2) is 13.1. The van der Waals surface area contributed by atoms with Crippen LogP contribution in [0.3, 0.4) is 0 Å². The van der Waals surface area contributed by atoms with Crippen LogP contribution in [0.5, 0.6) is 0 Å². The highest BCUT2D eigenvalue weighted by molar-refractivity contribution is 6.71. The molecule has 4 aliphatic heterocycles. The number of ether oxygens (including phenoxy) is 1. The van der Waals surface area contributed by atoms with E-state index in [1.807, 2.05) is 117 Å². The fourth-order valence-corrected chi connectivity index (χ4v) is 11.9. The highest BCUT2D eigenvalue weighted by atomic mass is 28.4. The minimum atomic E-state index is -3.07. The van der Waals surface area contributed by atoms with E-state index in [4.69, 9.17) is 4.74 Å². The molecule has 3 amide bonds. The second-order valence-corrected chi connectivity index (χ2v) is 19.3. The second-order valence-electron chi connectivity index (χ2n) is 15.3. The van der Waals surface area contributed by atoms with Gasteiger partial charge in [-0.15, -0.1) is 0 Å². The van der Waals surface area contributed by atoms with Gasteiger partial charge in [0, 0.05) is 35.7 Å². The summed E-state index contributed by atoms with van der Waals surface area (Å²) >= 11 is 0. The van der Waals surface area contributed by atoms with E-state index in [0.717, 1.165) is 27.9 Å². The van der Waals surface area contributed by atoms with Crippen molar-refractivity contribution in [3.8, 4) is 0 Å². The van der Waals surface area contributed by atoms with E-state index < -0.39 is 31.5 Å². The summed E-state index contributed by atoms with van der Waals surface area (Å²) in [7, 11) is -3.07. The number of hydrogen-bond donors (Lipinski definition) is 2. The van der Waals surface area contributed by atoms with Gasteiger partial charge in [0.25, 0.3) is 5.91 Å². The van der Waals surface area contributed by atoms with E-state index >= 15 is 4.79 Å². The lowest BCUT2D eigenvalue weighted by Crippen LogP contribution is -2.48. The summed E-state index contributed by atoms with van der Waals surface area (Å²) in [6.07, 6.45) is 0.801. The van der Waals surface area contributed by atoms with E-state index in [1.165, 1.54) is 0 Å². The van der Waals surface area contributed by atoms with Gasteiger partial charge in [0.05, 0.1) is 43.1 Å². The topological polar surface area (TPSA) is 111 Å². The van der Waals surface area contributed by atoms with E-state index in [9.17, 15) is 19.5 Å². The number of nitrogens with zero attached hydrogens (tertiary/aromatic N) is 3. The summed E-state index contributed by atoms with van der Waals surface area (Å²) < 4.78 is 7.08. The number of carbonyl (C=O) groups excluding carboxylic acids is 3. The summed E-state index contributed by atoms with van der Waals surface area (Å²) in [5.74, 6) is -0.925. The molecule has 52 heavy (non-hydrogen) atoms. The maximum atomic E-state index is 15.1. The first-order valence-electron chi connectivity index (χ1n) is 18.3. The first-order chi connectivity index (χ1) is 25.0. The first kappa shape index (κ1) is 34.5. The SMILES string of the molecule is C[C@@H]1[C@@H]([Si](C)(C)O)[C@H](CC(=O)N2Cc3ccccc3C[C@H]2CO)O[C@@]12C(=O)N(Cc1ccccc1)c1ccc(N3C(=O)CCc4ccccc43)cc12. The number of aliphatic hydroxyl groups is 1. The number of carbonyl (C=O) groups is 3. The number of para-hydroxylation sites is 1. The minimum absolute atomic E-state index is 0.0228. The fraction of sp³-hybridized carbons (Fsp3) is 0.357. The molecule has 8 rings (SSSR count). The molecule has 0 aromatic heterocycles. The van der Waals surface area contributed by atoms with Gasteiger partial charge in [-0.3, -0.25) is 19.3 Å². The maximum absolute atomic E-state index is 15.1. The minimum Gasteiger partial charge on any atom is -0.432 e. The molecule has 0 aliphatic carbocycles. The molecule has 10 heteroatoms. The van der Waals surface area contributed by atoms with Crippen LogP contribution in [0.1, 0.15) is 47.6 Å². The Kier molecular flexibility index (Phi) is 8.69. The lowest BCUT2D eigenvalue weighted by Gasteiger charge is -2.37. The van der Waals surface area contributed by atoms with Crippen LogP contribution >= 0.6 is 0 Å².